The average Bonchev–Trinajstić information content (AvgIpc) is 2.60. The van der Waals surface area contributed by atoms with Crippen LogP contribution in [-0.4, -0.2) is 23.5 Å². The molecule has 0 saturated carbocycles. The highest BCUT2D eigenvalue weighted by Gasteiger charge is 2.11. The van der Waals surface area contributed by atoms with Gasteiger partial charge in [-0.05, 0) is 48.9 Å². The standard InChI is InChI=1S/C17H15NO6/c1-2-23-16(19)13-5-7-14(8-6-13)17(20)24-11-12-3-9-15(10-4-12)18(21)22/h3-10H,2,11H2,1H3. The average molecular weight is 329 g/mol. The number of hydrogen-bond donors (Lipinski definition) is 0. The summed E-state index contributed by atoms with van der Waals surface area (Å²) in [6.45, 7) is 1.98. The molecule has 124 valence electrons. The maximum atomic E-state index is 12.0. The lowest BCUT2D eigenvalue weighted by Crippen LogP contribution is -2.07. The maximum absolute atomic E-state index is 12.0. The molecular formula is C17H15NO6. The second-order valence-corrected chi connectivity index (χ2v) is 4.80. The lowest BCUT2D eigenvalue weighted by Gasteiger charge is -2.06. The number of carbonyl (C=O) groups excluding carboxylic acids is 2. The predicted octanol–water partition coefficient (Wildman–Crippen LogP) is 3.13. The van der Waals surface area contributed by atoms with Gasteiger partial charge in [-0.2, -0.15) is 0 Å². The fraction of sp³-hybridized carbons (Fsp3) is 0.176. The molecule has 0 aromatic heterocycles. The highest BCUT2D eigenvalue weighted by molar-refractivity contribution is 5.93. The van der Waals surface area contributed by atoms with Crippen LogP contribution in [0, 0.1) is 10.1 Å². The molecule has 2 rings (SSSR count). The first-order chi connectivity index (χ1) is 11.5. The number of rotatable bonds is 6. The van der Waals surface area contributed by atoms with Crippen LogP contribution in [0.2, 0.25) is 0 Å². The molecule has 2 aromatic rings. The minimum atomic E-state index is -0.552. The first kappa shape index (κ1) is 17.1. The molecule has 0 aliphatic rings. The highest BCUT2D eigenvalue weighted by Crippen LogP contribution is 2.14. The lowest BCUT2D eigenvalue weighted by molar-refractivity contribution is -0.384. The van der Waals surface area contributed by atoms with Gasteiger partial charge in [0.25, 0.3) is 5.69 Å². The molecule has 0 spiro atoms. The summed E-state index contributed by atoms with van der Waals surface area (Å²) < 4.78 is 9.99. The molecule has 0 aliphatic heterocycles. The Balaban J connectivity index is 1.94. The summed E-state index contributed by atoms with van der Waals surface area (Å²) in [7, 11) is 0. The molecule has 0 amide bonds. The van der Waals surface area contributed by atoms with Crippen LogP contribution in [0.5, 0.6) is 0 Å². The molecule has 0 aliphatic carbocycles. The first-order valence-corrected chi connectivity index (χ1v) is 7.19. The van der Waals surface area contributed by atoms with E-state index < -0.39 is 16.9 Å². The summed E-state index contributed by atoms with van der Waals surface area (Å²) in [5.41, 5.74) is 1.26. The van der Waals surface area contributed by atoms with Crippen molar-refractivity contribution in [1.82, 2.24) is 0 Å². The van der Waals surface area contributed by atoms with E-state index in [0.29, 0.717) is 16.7 Å². The van der Waals surface area contributed by atoms with Gasteiger partial charge in [0.15, 0.2) is 0 Å². The molecule has 7 heteroatoms. The van der Waals surface area contributed by atoms with Crippen molar-refractivity contribution in [2.45, 2.75) is 13.5 Å². The molecule has 0 heterocycles. The second kappa shape index (κ2) is 7.87. The molecule has 0 N–H and O–H groups in total. The van der Waals surface area contributed by atoms with Crippen molar-refractivity contribution in [2.24, 2.45) is 0 Å². The maximum Gasteiger partial charge on any atom is 0.338 e. The Kier molecular flexibility index (Phi) is 5.62. The number of nitro groups is 1. The zero-order valence-electron chi connectivity index (χ0n) is 12.9. The van der Waals surface area contributed by atoms with Crippen LogP contribution in [0.4, 0.5) is 5.69 Å². The zero-order valence-corrected chi connectivity index (χ0v) is 12.9. The Morgan fingerprint density at radius 2 is 1.42 bits per heavy atom. The zero-order chi connectivity index (χ0) is 17.5. The number of ether oxygens (including phenoxy) is 2. The minimum absolute atomic E-state index is 0.00352. The van der Waals surface area contributed by atoms with Crippen LogP contribution < -0.4 is 0 Å². The summed E-state index contributed by atoms with van der Waals surface area (Å²) in [6.07, 6.45) is 0. The van der Waals surface area contributed by atoms with Gasteiger partial charge in [0, 0.05) is 12.1 Å². The number of nitrogens with zero attached hydrogens (tertiary/aromatic N) is 1. The highest BCUT2D eigenvalue weighted by atomic mass is 16.6. The van der Waals surface area contributed by atoms with Crippen molar-refractivity contribution < 1.29 is 24.0 Å². The van der Waals surface area contributed by atoms with Crippen molar-refractivity contribution in [3.63, 3.8) is 0 Å². The quantitative estimate of drug-likeness (QED) is 0.459. The van der Waals surface area contributed by atoms with Crippen molar-refractivity contribution in [3.05, 3.63) is 75.3 Å². The predicted molar refractivity (Wildman–Crippen MR) is 84.6 cm³/mol. The fourth-order valence-electron chi connectivity index (χ4n) is 1.90. The van der Waals surface area contributed by atoms with E-state index in [2.05, 4.69) is 0 Å². The van der Waals surface area contributed by atoms with Gasteiger partial charge in [-0.1, -0.05) is 0 Å². The number of carbonyl (C=O) groups is 2. The third-order valence-electron chi connectivity index (χ3n) is 3.15. The third kappa shape index (κ3) is 4.39. The molecule has 2 aromatic carbocycles. The van der Waals surface area contributed by atoms with Gasteiger partial charge in [0.2, 0.25) is 0 Å². The van der Waals surface area contributed by atoms with Crippen molar-refractivity contribution in [3.8, 4) is 0 Å². The molecule has 0 atom stereocenters. The molecule has 7 nitrogen and oxygen atoms in total. The van der Waals surface area contributed by atoms with Crippen LogP contribution in [0.3, 0.4) is 0 Å². The molecular weight excluding hydrogens is 314 g/mol. The summed E-state index contributed by atoms with van der Waals surface area (Å²) in [6, 6.07) is 11.7. The summed E-state index contributed by atoms with van der Waals surface area (Å²) in [5.74, 6) is -1.01. The van der Waals surface area contributed by atoms with Crippen LogP contribution in [0.1, 0.15) is 33.2 Å². The fourth-order valence-corrected chi connectivity index (χ4v) is 1.90. The van der Waals surface area contributed by atoms with Crippen molar-refractivity contribution in [1.29, 1.82) is 0 Å². The molecule has 0 unspecified atom stereocenters. The molecule has 0 bridgehead atoms. The SMILES string of the molecule is CCOC(=O)c1ccc(C(=O)OCc2ccc([N+](=O)[O-])cc2)cc1. The van der Waals surface area contributed by atoms with Gasteiger partial charge in [0.1, 0.15) is 6.61 Å². The number of benzene rings is 2. The molecule has 0 radical (unpaired) electrons. The van der Waals surface area contributed by atoms with Crippen LogP contribution >= 0.6 is 0 Å². The second-order valence-electron chi connectivity index (χ2n) is 4.80. The number of hydrogen-bond acceptors (Lipinski definition) is 6. The smallest absolute Gasteiger partial charge is 0.338 e. The normalized spacial score (nSPS) is 10.0. The van der Waals surface area contributed by atoms with Crippen molar-refractivity contribution >= 4 is 17.6 Å². The van der Waals surface area contributed by atoms with Gasteiger partial charge in [-0.3, -0.25) is 10.1 Å². The third-order valence-corrected chi connectivity index (χ3v) is 3.15. The van der Waals surface area contributed by atoms with E-state index in [4.69, 9.17) is 9.47 Å². The van der Waals surface area contributed by atoms with E-state index >= 15 is 0 Å². The Bertz CT molecular complexity index is 737. The lowest BCUT2D eigenvalue weighted by atomic mass is 10.1. The monoisotopic (exact) mass is 329 g/mol. The van der Waals surface area contributed by atoms with Gasteiger partial charge < -0.3 is 9.47 Å². The Hall–Kier alpha value is -3.22. The van der Waals surface area contributed by atoms with Crippen LogP contribution in [0.15, 0.2) is 48.5 Å². The number of esters is 2. The Morgan fingerprint density at radius 1 is 0.917 bits per heavy atom. The summed E-state index contributed by atoms with van der Waals surface area (Å²) in [4.78, 5) is 33.5. The molecule has 0 saturated heterocycles. The van der Waals surface area contributed by atoms with Gasteiger partial charge in [-0.25, -0.2) is 9.59 Å². The van der Waals surface area contributed by atoms with E-state index in [1.165, 1.54) is 48.5 Å². The minimum Gasteiger partial charge on any atom is -0.462 e. The van der Waals surface area contributed by atoms with Crippen LogP contribution in [-0.2, 0) is 16.1 Å². The topological polar surface area (TPSA) is 95.7 Å². The van der Waals surface area contributed by atoms with E-state index in [1.54, 1.807) is 6.92 Å². The first-order valence-electron chi connectivity index (χ1n) is 7.19. The Morgan fingerprint density at radius 3 is 1.88 bits per heavy atom. The van der Waals surface area contributed by atoms with Crippen LogP contribution in [0.25, 0.3) is 0 Å². The number of non-ortho nitro benzene ring substituents is 1. The van der Waals surface area contributed by atoms with E-state index in [1.807, 2.05) is 0 Å². The van der Waals surface area contributed by atoms with Crippen molar-refractivity contribution in [2.75, 3.05) is 6.61 Å². The summed E-state index contributed by atoms with van der Waals surface area (Å²) in [5, 5.41) is 10.6. The molecule has 0 fully saturated rings. The molecule has 24 heavy (non-hydrogen) atoms. The number of nitro benzene ring substituents is 1. The van der Waals surface area contributed by atoms with E-state index in [0.717, 1.165) is 0 Å². The largest absolute Gasteiger partial charge is 0.462 e. The Labute approximate surface area is 138 Å². The summed E-state index contributed by atoms with van der Waals surface area (Å²) >= 11 is 0. The van der Waals surface area contributed by atoms with Gasteiger partial charge in [-0.15, -0.1) is 0 Å². The van der Waals surface area contributed by atoms with E-state index in [-0.39, 0.29) is 18.9 Å². The van der Waals surface area contributed by atoms with Gasteiger partial charge >= 0.3 is 11.9 Å². The van der Waals surface area contributed by atoms with E-state index in [9.17, 15) is 19.7 Å². The van der Waals surface area contributed by atoms with Gasteiger partial charge in [0.05, 0.1) is 22.7 Å².